The fraction of sp³-hybridized carbons (Fsp3) is 0. The van der Waals surface area contributed by atoms with E-state index in [1.54, 1.807) is 6.07 Å². The van der Waals surface area contributed by atoms with Gasteiger partial charge in [-0.2, -0.15) is 0 Å². The second kappa shape index (κ2) is 2.82. The first-order valence-corrected chi connectivity index (χ1v) is 4.74. The van der Waals surface area contributed by atoms with Gasteiger partial charge in [0.1, 0.15) is 0 Å². The van der Waals surface area contributed by atoms with Crippen LogP contribution in [0.25, 0.3) is 26.8 Å². The largest absolute Gasteiger partial charge is 0.387 e. The molecule has 0 fully saturated rings. The Balaban J connectivity index is 2.50. The van der Waals surface area contributed by atoms with E-state index in [1.165, 1.54) is 5.39 Å². The van der Waals surface area contributed by atoms with Crippen molar-refractivity contribution in [3.05, 3.63) is 47.4 Å². The summed E-state index contributed by atoms with van der Waals surface area (Å²) in [5.74, 6) is 0. The minimum absolute atomic E-state index is 0.564. The van der Waals surface area contributed by atoms with Gasteiger partial charge in [-0.25, -0.2) is 0 Å². The Hall–Kier alpha value is -2.34. The number of fused-ring (bicyclic) bond motifs is 3. The first-order valence-electron chi connectivity index (χ1n) is 4.74. The molecule has 1 aromatic heterocycles. The molecule has 0 amide bonds. The van der Waals surface area contributed by atoms with Crippen molar-refractivity contribution in [1.29, 1.82) is 5.39 Å². The lowest BCUT2D eigenvalue weighted by Crippen LogP contribution is -1.65. The summed E-state index contributed by atoms with van der Waals surface area (Å²) in [4.78, 5) is 6.45. The Bertz CT molecular complexity index is 689. The monoisotopic (exact) mass is 194 g/mol. The van der Waals surface area contributed by atoms with Crippen molar-refractivity contribution in [2.45, 2.75) is 0 Å². The van der Waals surface area contributed by atoms with Crippen molar-refractivity contribution in [3.8, 4) is 0 Å². The third-order valence-corrected chi connectivity index (χ3v) is 2.61. The third kappa shape index (κ3) is 1.09. The van der Waals surface area contributed by atoms with E-state index < -0.39 is 0 Å². The maximum Gasteiger partial charge on any atom is 0.387 e. The lowest BCUT2D eigenvalue weighted by Gasteiger charge is -1.86. The van der Waals surface area contributed by atoms with Crippen molar-refractivity contribution in [2.24, 2.45) is 0 Å². The molecule has 0 aliphatic carbocycles. The molecule has 0 spiro atoms. The molecule has 1 heterocycles. The van der Waals surface area contributed by atoms with Crippen LogP contribution in [0.1, 0.15) is 0 Å². The van der Waals surface area contributed by atoms with E-state index in [0.717, 1.165) is 16.4 Å². The van der Waals surface area contributed by atoms with Crippen LogP contribution >= 0.6 is 0 Å². The molecule has 1 N–H and O–H groups in total. The van der Waals surface area contributed by atoms with Crippen LogP contribution in [0.3, 0.4) is 0 Å². The molecule has 0 saturated heterocycles. The number of diazo groups is 1. The molecule has 0 radical (unpaired) electrons. The molecule has 3 rings (SSSR count). The molecule has 2 aromatic carbocycles. The van der Waals surface area contributed by atoms with Gasteiger partial charge in [0.2, 0.25) is 5.39 Å². The van der Waals surface area contributed by atoms with E-state index in [9.17, 15) is 0 Å². The predicted molar refractivity (Wildman–Crippen MR) is 60.5 cm³/mol. The standard InChI is InChI=1S/C12H8N3/c13-15-8-5-6-10-9-3-1-2-4-11(9)14-12(10)7-8/h1-7,14H/q+1. The van der Waals surface area contributed by atoms with Crippen molar-refractivity contribution < 1.29 is 0 Å². The average molecular weight is 194 g/mol. The van der Waals surface area contributed by atoms with Crippen LogP contribution < -0.4 is 0 Å². The van der Waals surface area contributed by atoms with Crippen LogP contribution in [0.5, 0.6) is 0 Å². The molecule has 0 aliphatic heterocycles. The van der Waals surface area contributed by atoms with Crippen molar-refractivity contribution in [2.75, 3.05) is 0 Å². The second-order valence-electron chi connectivity index (χ2n) is 3.50. The number of benzene rings is 2. The van der Waals surface area contributed by atoms with Gasteiger partial charge in [-0.1, -0.05) is 18.2 Å². The highest BCUT2D eigenvalue weighted by atomic mass is 14.8. The molecule has 3 nitrogen and oxygen atoms in total. The van der Waals surface area contributed by atoms with E-state index in [0.29, 0.717) is 5.69 Å². The Morgan fingerprint density at radius 2 is 1.73 bits per heavy atom. The quantitative estimate of drug-likeness (QED) is 0.543. The SMILES string of the molecule is N#[N+]c1ccc2c(c1)[nH]c1ccccc12. The first-order chi connectivity index (χ1) is 7.38. The highest BCUT2D eigenvalue weighted by Crippen LogP contribution is 2.27. The molecule has 70 valence electrons. The van der Waals surface area contributed by atoms with E-state index >= 15 is 0 Å². The molecular formula is C12H8N3+. The van der Waals surface area contributed by atoms with Gasteiger partial charge < -0.3 is 4.98 Å². The van der Waals surface area contributed by atoms with Crippen LogP contribution in [0.4, 0.5) is 5.69 Å². The number of nitrogens with one attached hydrogen (secondary N) is 1. The zero-order chi connectivity index (χ0) is 10.3. The van der Waals surface area contributed by atoms with Crippen LogP contribution in [-0.2, 0) is 0 Å². The van der Waals surface area contributed by atoms with Gasteiger partial charge in [0.15, 0.2) is 4.98 Å². The normalized spacial score (nSPS) is 10.6. The zero-order valence-corrected chi connectivity index (χ0v) is 7.94. The summed E-state index contributed by atoms with van der Waals surface area (Å²) in [6, 6.07) is 13.7. The van der Waals surface area contributed by atoms with Crippen LogP contribution in [0.2, 0.25) is 0 Å². The second-order valence-corrected chi connectivity index (χ2v) is 3.50. The maximum absolute atomic E-state index is 8.68. The van der Waals surface area contributed by atoms with E-state index in [4.69, 9.17) is 5.39 Å². The molecule has 3 heteroatoms. The van der Waals surface area contributed by atoms with Crippen molar-refractivity contribution in [3.63, 3.8) is 0 Å². The fourth-order valence-electron chi connectivity index (χ4n) is 1.90. The molecule has 0 atom stereocenters. The van der Waals surface area contributed by atoms with Crippen molar-refractivity contribution >= 4 is 27.5 Å². The average Bonchev–Trinajstić information content (AvgIpc) is 2.66. The zero-order valence-electron chi connectivity index (χ0n) is 7.94. The first kappa shape index (κ1) is 8.01. The molecule has 0 aliphatic rings. The van der Waals surface area contributed by atoms with Crippen LogP contribution in [-0.4, -0.2) is 4.98 Å². The van der Waals surface area contributed by atoms with Crippen LogP contribution in [0, 0.1) is 5.39 Å². The number of aromatic amines is 1. The summed E-state index contributed by atoms with van der Waals surface area (Å²) < 4.78 is 0. The van der Waals surface area contributed by atoms with Gasteiger partial charge in [-0.3, -0.25) is 0 Å². The Kier molecular flexibility index (Phi) is 1.51. The van der Waals surface area contributed by atoms with Gasteiger partial charge >= 0.3 is 5.69 Å². The van der Waals surface area contributed by atoms with Gasteiger partial charge in [-0.15, -0.1) is 0 Å². The fourth-order valence-corrected chi connectivity index (χ4v) is 1.90. The van der Waals surface area contributed by atoms with Gasteiger partial charge in [-0.05, 0) is 12.1 Å². The number of rotatable bonds is 0. The number of para-hydroxylation sites is 1. The van der Waals surface area contributed by atoms with Crippen LogP contribution in [0.15, 0.2) is 42.5 Å². The van der Waals surface area contributed by atoms with Gasteiger partial charge in [0, 0.05) is 22.4 Å². The van der Waals surface area contributed by atoms with Gasteiger partial charge in [0.05, 0.1) is 11.6 Å². The Morgan fingerprint density at radius 3 is 2.60 bits per heavy atom. The number of nitrogens with zero attached hydrogens (tertiary/aromatic N) is 2. The molecule has 15 heavy (non-hydrogen) atoms. The van der Waals surface area contributed by atoms with Gasteiger partial charge in [0.25, 0.3) is 0 Å². The number of H-pyrrole nitrogens is 1. The lowest BCUT2D eigenvalue weighted by atomic mass is 10.1. The summed E-state index contributed by atoms with van der Waals surface area (Å²) in [5.41, 5.74) is 2.66. The topological polar surface area (TPSA) is 43.9 Å². The summed E-state index contributed by atoms with van der Waals surface area (Å²) >= 11 is 0. The lowest BCUT2D eigenvalue weighted by molar-refractivity contribution is 1.46. The summed E-state index contributed by atoms with van der Waals surface area (Å²) in [5, 5.41) is 11.0. The number of aromatic nitrogens is 1. The van der Waals surface area contributed by atoms with E-state index in [-0.39, 0.29) is 0 Å². The highest BCUT2D eigenvalue weighted by Gasteiger charge is 2.08. The maximum atomic E-state index is 8.68. The summed E-state index contributed by atoms with van der Waals surface area (Å²) in [6.07, 6.45) is 0. The predicted octanol–water partition coefficient (Wildman–Crippen LogP) is 3.81. The molecular weight excluding hydrogens is 186 g/mol. The summed E-state index contributed by atoms with van der Waals surface area (Å²) in [6.45, 7) is 0. The van der Waals surface area contributed by atoms with E-state index in [1.807, 2.05) is 30.3 Å². The Labute approximate surface area is 86.0 Å². The number of hydrogen-bond acceptors (Lipinski definition) is 1. The number of hydrogen-bond donors (Lipinski definition) is 1. The summed E-state index contributed by atoms with van der Waals surface area (Å²) in [7, 11) is 0. The Morgan fingerprint density at radius 1 is 0.933 bits per heavy atom. The highest BCUT2D eigenvalue weighted by molar-refractivity contribution is 6.07. The van der Waals surface area contributed by atoms with E-state index in [2.05, 4.69) is 16.0 Å². The minimum Gasteiger partial charge on any atom is -0.354 e. The third-order valence-electron chi connectivity index (χ3n) is 2.61. The molecule has 0 saturated carbocycles. The molecule has 0 bridgehead atoms. The molecule has 3 aromatic rings. The smallest absolute Gasteiger partial charge is 0.354 e. The molecule has 0 unspecified atom stereocenters. The van der Waals surface area contributed by atoms with Crippen molar-refractivity contribution in [1.82, 2.24) is 4.98 Å². The minimum atomic E-state index is 0.564.